The lowest BCUT2D eigenvalue weighted by atomic mass is 10.1. The van der Waals surface area contributed by atoms with Crippen LogP contribution in [0.4, 0.5) is 0 Å². The Morgan fingerprint density at radius 2 is 2.14 bits per heavy atom. The highest BCUT2D eigenvalue weighted by molar-refractivity contribution is 5.81. The number of ether oxygens (including phenoxy) is 3. The standard InChI is InChI=1S/C9H12O5/c1-2-7(11)14-6-4-13-8-5(10)3-12-9(6)8/h2,5-6,8-10H,1,3-4H2/t5-,6-,8-,9-/m1/s1. The Morgan fingerprint density at radius 3 is 2.86 bits per heavy atom. The highest BCUT2D eigenvalue weighted by Gasteiger charge is 2.48. The molecule has 2 saturated heterocycles. The third kappa shape index (κ3) is 1.54. The van der Waals surface area contributed by atoms with E-state index >= 15 is 0 Å². The molecule has 0 radical (unpaired) electrons. The first-order valence-electron chi connectivity index (χ1n) is 4.46. The first-order valence-corrected chi connectivity index (χ1v) is 4.46. The first-order chi connectivity index (χ1) is 6.72. The van der Waals surface area contributed by atoms with Crippen molar-refractivity contribution in [1.82, 2.24) is 0 Å². The smallest absolute Gasteiger partial charge is 0.330 e. The van der Waals surface area contributed by atoms with Crippen molar-refractivity contribution in [3.05, 3.63) is 12.7 Å². The molecule has 0 aromatic carbocycles. The number of aliphatic hydroxyl groups excluding tert-OH is 1. The SMILES string of the molecule is C=CC(=O)O[C@@H]1CO[C@H]2[C@@H]1OC[C@H]2O. The average Bonchev–Trinajstić information content (AvgIpc) is 2.72. The lowest BCUT2D eigenvalue weighted by molar-refractivity contribution is -0.147. The normalized spacial score (nSPS) is 40.6. The second-order valence-corrected chi connectivity index (χ2v) is 3.34. The van der Waals surface area contributed by atoms with E-state index in [1.807, 2.05) is 0 Å². The molecule has 2 aliphatic heterocycles. The minimum atomic E-state index is -0.618. The molecule has 2 fully saturated rings. The third-order valence-electron chi connectivity index (χ3n) is 2.42. The minimum absolute atomic E-state index is 0.234. The summed E-state index contributed by atoms with van der Waals surface area (Å²) in [7, 11) is 0. The molecule has 0 amide bonds. The van der Waals surface area contributed by atoms with Gasteiger partial charge in [0.05, 0.1) is 13.2 Å². The maximum Gasteiger partial charge on any atom is 0.330 e. The van der Waals surface area contributed by atoms with Crippen molar-refractivity contribution in [2.75, 3.05) is 13.2 Å². The molecule has 5 nitrogen and oxygen atoms in total. The molecule has 0 unspecified atom stereocenters. The summed E-state index contributed by atoms with van der Waals surface area (Å²) in [5.74, 6) is -0.496. The van der Waals surface area contributed by atoms with Gasteiger partial charge in [0.2, 0.25) is 0 Å². The summed E-state index contributed by atoms with van der Waals surface area (Å²) in [6.45, 7) is 3.80. The van der Waals surface area contributed by atoms with E-state index in [1.165, 1.54) is 0 Å². The molecule has 0 spiro atoms. The predicted molar refractivity (Wildman–Crippen MR) is 45.6 cm³/mol. The Balaban J connectivity index is 1.96. The molecule has 4 atom stereocenters. The summed E-state index contributed by atoms with van der Waals surface area (Å²) in [5, 5.41) is 9.40. The van der Waals surface area contributed by atoms with Crippen LogP contribution in [0, 0.1) is 0 Å². The van der Waals surface area contributed by atoms with Gasteiger partial charge >= 0.3 is 5.97 Å². The van der Waals surface area contributed by atoms with E-state index in [4.69, 9.17) is 14.2 Å². The van der Waals surface area contributed by atoms with E-state index in [1.54, 1.807) is 0 Å². The van der Waals surface area contributed by atoms with Crippen molar-refractivity contribution >= 4 is 5.97 Å². The molecule has 0 saturated carbocycles. The van der Waals surface area contributed by atoms with E-state index in [9.17, 15) is 9.90 Å². The number of carbonyl (C=O) groups is 1. The molecule has 0 aliphatic carbocycles. The molecule has 2 heterocycles. The molecule has 5 heteroatoms. The fraction of sp³-hybridized carbons (Fsp3) is 0.667. The van der Waals surface area contributed by atoms with Gasteiger partial charge < -0.3 is 19.3 Å². The van der Waals surface area contributed by atoms with E-state index in [0.717, 1.165) is 6.08 Å². The summed E-state index contributed by atoms with van der Waals surface area (Å²) in [6, 6.07) is 0. The van der Waals surface area contributed by atoms with Gasteiger partial charge in [0.25, 0.3) is 0 Å². The number of hydrogen-bond donors (Lipinski definition) is 1. The number of hydrogen-bond acceptors (Lipinski definition) is 5. The average molecular weight is 200 g/mol. The molecule has 14 heavy (non-hydrogen) atoms. The van der Waals surface area contributed by atoms with Gasteiger partial charge in [0.1, 0.15) is 18.3 Å². The minimum Gasteiger partial charge on any atom is -0.454 e. The summed E-state index contributed by atoms with van der Waals surface area (Å²) >= 11 is 0. The summed E-state index contributed by atoms with van der Waals surface area (Å²) < 4.78 is 15.5. The van der Waals surface area contributed by atoms with Gasteiger partial charge in [-0.1, -0.05) is 6.58 Å². The van der Waals surface area contributed by atoms with Gasteiger partial charge in [0, 0.05) is 6.08 Å². The van der Waals surface area contributed by atoms with E-state index in [2.05, 4.69) is 6.58 Å². The zero-order valence-corrected chi connectivity index (χ0v) is 7.59. The number of fused-ring (bicyclic) bond motifs is 1. The van der Waals surface area contributed by atoms with Crippen LogP contribution in [-0.4, -0.2) is 48.7 Å². The summed E-state index contributed by atoms with van der Waals surface area (Å²) in [4.78, 5) is 10.9. The molecule has 0 aromatic rings. The van der Waals surface area contributed by atoms with Crippen LogP contribution < -0.4 is 0 Å². The van der Waals surface area contributed by atoms with Gasteiger partial charge in [-0.3, -0.25) is 0 Å². The van der Waals surface area contributed by atoms with Crippen LogP contribution in [0.15, 0.2) is 12.7 Å². The van der Waals surface area contributed by atoms with E-state index < -0.39 is 18.2 Å². The van der Waals surface area contributed by atoms with Gasteiger partial charge in [0.15, 0.2) is 6.10 Å². The molecule has 0 aromatic heterocycles. The Bertz CT molecular complexity index is 252. The second kappa shape index (κ2) is 3.68. The molecule has 1 N–H and O–H groups in total. The second-order valence-electron chi connectivity index (χ2n) is 3.34. The van der Waals surface area contributed by atoms with Crippen LogP contribution in [0.5, 0.6) is 0 Å². The zero-order chi connectivity index (χ0) is 10.1. The van der Waals surface area contributed by atoms with Crippen molar-refractivity contribution < 1.29 is 24.1 Å². The topological polar surface area (TPSA) is 65.0 Å². The largest absolute Gasteiger partial charge is 0.454 e. The maximum absolute atomic E-state index is 10.9. The van der Waals surface area contributed by atoms with Crippen molar-refractivity contribution in [3.8, 4) is 0 Å². The highest BCUT2D eigenvalue weighted by atomic mass is 16.6. The molecule has 2 rings (SSSR count). The number of aliphatic hydroxyl groups is 1. The van der Waals surface area contributed by atoms with Crippen LogP contribution in [-0.2, 0) is 19.0 Å². The lowest BCUT2D eigenvalue weighted by Crippen LogP contribution is -2.33. The highest BCUT2D eigenvalue weighted by Crippen LogP contribution is 2.28. The first kappa shape index (κ1) is 9.64. The predicted octanol–water partition coefficient (Wildman–Crippen LogP) is -0.757. The van der Waals surface area contributed by atoms with Crippen molar-refractivity contribution in [2.45, 2.75) is 24.4 Å². The molecule has 2 aliphatic rings. The fourth-order valence-electron chi connectivity index (χ4n) is 1.74. The van der Waals surface area contributed by atoms with E-state index in [0.29, 0.717) is 0 Å². The maximum atomic E-state index is 10.9. The Morgan fingerprint density at radius 1 is 1.43 bits per heavy atom. The number of esters is 1. The van der Waals surface area contributed by atoms with Gasteiger partial charge in [-0.15, -0.1) is 0 Å². The van der Waals surface area contributed by atoms with Crippen LogP contribution in [0.1, 0.15) is 0 Å². The Hall–Kier alpha value is -0.910. The number of rotatable bonds is 2. The van der Waals surface area contributed by atoms with Gasteiger partial charge in [-0.2, -0.15) is 0 Å². The van der Waals surface area contributed by atoms with Crippen LogP contribution in [0.3, 0.4) is 0 Å². The van der Waals surface area contributed by atoms with Crippen LogP contribution in [0.2, 0.25) is 0 Å². The van der Waals surface area contributed by atoms with Crippen molar-refractivity contribution in [3.63, 3.8) is 0 Å². The van der Waals surface area contributed by atoms with Crippen molar-refractivity contribution in [2.24, 2.45) is 0 Å². The van der Waals surface area contributed by atoms with Crippen LogP contribution >= 0.6 is 0 Å². The third-order valence-corrected chi connectivity index (χ3v) is 2.42. The van der Waals surface area contributed by atoms with Crippen LogP contribution in [0.25, 0.3) is 0 Å². The molecular formula is C9H12O5. The Labute approximate surface area is 81.3 Å². The molecule has 0 bridgehead atoms. The lowest BCUT2D eigenvalue weighted by Gasteiger charge is -2.15. The summed E-state index contributed by atoms with van der Waals surface area (Å²) in [6.07, 6.45) is -0.653. The van der Waals surface area contributed by atoms with E-state index in [-0.39, 0.29) is 25.4 Å². The zero-order valence-electron chi connectivity index (χ0n) is 7.59. The monoisotopic (exact) mass is 200 g/mol. The summed E-state index contributed by atoms with van der Waals surface area (Å²) in [5.41, 5.74) is 0. The van der Waals surface area contributed by atoms with Crippen molar-refractivity contribution in [1.29, 1.82) is 0 Å². The van der Waals surface area contributed by atoms with Gasteiger partial charge in [-0.05, 0) is 0 Å². The number of carbonyl (C=O) groups excluding carboxylic acids is 1. The Kier molecular flexibility index (Phi) is 2.54. The molecular weight excluding hydrogens is 188 g/mol. The van der Waals surface area contributed by atoms with Gasteiger partial charge in [-0.25, -0.2) is 4.79 Å². The fourth-order valence-corrected chi connectivity index (χ4v) is 1.74. The molecule has 78 valence electrons. The quantitative estimate of drug-likeness (QED) is 0.469.